The van der Waals surface area contributed by atoms with Crippen molar-refractivity contribution in [3.05, 3.63) is 24.5 Å². The fraction of sp³-hybridized carbons (Fsp3) is 0.250. The molecule has 0 aliphatic rings. The molecule has 0 atom stereocenters. The van der Waals surface area contributed by atoms with Crippen LogP contribution in [-0.2, 0) is 9.53 Å². The summed E-state index contributed by atoms with van der Waals surface area (Å²) in [6.07, 6.45) is 4.45. The molecule has 9 heteroatoms. The van der Waals surface area contributed by atoms with Gasteiger partial charge in [-0.3, -0.25) is 9.78 Å². The van der Waals surface area contributed by atoms with Crippen molar-refractivity contribution >= 4 is 24.1 Å². The molecule has 0 aliphatic heterocycles. The van der Waals surface area contributed by atoms with Crippen LogP contribution in [0.3, 0.4) is 0 Å². The van der Waals surface area contributed by atoms with Crippen molar-refractivity contribution < 1.29 is 13.9 Å². The average Bonchev–Trinajstić information content (AvgIpc) is 2.99. The van der Waals surface area contributed by atoms with Gasteiger partial charge in [0.05, 0.1) is 12.4 Å². The molecule has 1 amide bonds. The lowest BCUT2D eigenvalue weighted by atomic mass is 10.3. The number of aromatic nitrogens is 3. The Morgan fingerprint density at radius 3 is 3.05 bits per heavy atom. The molecular formula is C12H13N5O3S. The van der Waals surface area contributed by atoms with E-state index in [4.69, 9.17) is 9.15 Å². The van der Waals surface area contributed by atoms with Crippen molar-refractivity contribution in [2.45, 2.75) is 12.1 Å². The summed E-state index contributed by atoms with van der Waals surface area (Å²) in [6.45, 7) is 2.31. The van der Waals surface area contributed by atoms with Crippen LogP contribution in [0.5, 0.6) is 0 Å². The predicted octanol–water partition coefficient (Wildman–Crippen LogP) is 1.32. The highest BCUT2D eigenvalue weighted by molar-refractivity contribution is 7.99. The van der Waals surface area contributed by atoms with Gasteiger partial charge < -0.3 is 9.15 Å². The monoisotopic (exact) mass is 307 g/mol. The first kappa shape index (κ1) is 15.0. The van der Waals surface area contributed by atoms with Crippen LogP contribution in [0, 0.1) is 0 Å². The van der Waals surface area contributed by atoms with Crippen LogP contribution in [0.2, 0.25) is 0 Å². The zero-order valence-corrected chi connectivity index (χ0v) is 12.0. The predicted molar refractivity (Wildman–Crippen MR) is 76.5 cm³/mol. The van der Waals surface area contributed by atoms with E-state index in [1.54, 1.807) is 24.5 Å². The van der Waals surface area contributed by atoms with Crippen LogP contribution in [-0.4, -0.2) is 39.8 Å². The van der Waals surface area contributed by atoms with Crippen LogP contribution in [0.25, 0.3) is 11.5 Å². The van der Waals surface area contributed by atoms with Gasteiger partial charge >= 0.3 is 0 Å². The fourth-order valence-electron chi connectivity index (χ4n) is 1.25. The number of carbonyl (C=O) groups is 1. The second-order valence-electron chi connectivity index (χ2n) is 3.62. The van der Waals surface area contributed by atoms with Gasteiger partial charge in [-0.2, -0.15) is 0 Å². The van der Waals surface area contributed by atoms with E-state index in [0.717, 1.165) is 17.3 Å². The lowest BCUT2D eigenvalue weighted by molar-refractivity contribution is -0.118. The summed E-state index contributed by atoms with van der Waals surface area (Å²) < 4.78 is 10.3. The molecular weight excluding hydrogens is 294 g/mol. The van der Waals surface area contributed by atoms with Gasteiger partial charge in [-0.1, -0.05) is 11.8 Å². The number of amides is 1. The molecule has 0 spiro atoms. The van der Waals surface area contributed by atoms with Crippen molar-refractivity contribution in [1.82, 2.24) is 20.6 Å². The third-order valence-corrected chi connectivity index (χ3v) is 2.96. The van der Waals surface area contributed by atoms with Crippen molar-refractivity contribution in [2.24, 2.45) is 5.10 Å². The summed E-state index contributed by atoms with van der Waals surface area (Å²) in [6, 6.07) is 3.52. The van der Waals surface area contributed by atoms with Crippen LogP contribution < -0.4 is 5.43 Å². The zero-order valence-electron chi connectivity index (χ0n) is 11.2. The lowest BCUT2D eigenvalue weighted by Gasteiger charge is -1.97. The van der Waals surface area contributed by atoms with E-state index in [0.29, 0.717) is 17.7 Å². The standard InChI is InChI=1S/C12H13N5O3S/c1-2-19-8-14-15-10(18)7-21-12-17-16-11(20-12)9-3-5-13-6-4-9/h3-6,8H,2,7H2,1H3,(H,15,18). The van der Waals surface area contributed by atoms with Gasteiger partial charge in [-0.25, -0.2) is 5.43 Å². The van der Waals surface area contributed by atoms with Gasteiger partial charge in [-0.05, 0) is 19.1 Å². The number of rotatable bonds is 7. The van der Waals surface area contributed by atoms with Gasteiger partial charge in [0.1, 0.15) is 0 Å². The zero-order chi connectivity index (χ0) is 14.9. The fourth-order valence-corrected chi connectivity index (χ4v) is 1.80. The molecule has 110 valence electrons. The SMILES string of the molecule is CCOC=NNC(=O)CSc1nnc(-c2ccncc2)o1. The Bertz CT molecular complexity index is 602. The molecule has 0 aliphatic carbocycles. The summed E-state index contributed by atoms with van der Waals surface area (Å²) in [4.78, 5) is 15.4. The Hall–Kier alpha value is -2.42. The summed E-state index contributed by atoms with van der Waals surface area (Å²) >= 11 is 1.13. The number of pyridine rings is 1. The second-order valence-corrected chi connectivity index (χ2v) is 4.55. The van der Waals surface area contributed by atoms with E-state index in [1.165, 1.54) is 6.40 Å². The van der Waals surface area contributed by atoms with Crippen molar-refractivity contribution in [2.75, 3.05) is 12.4 Å². The molecule has 0 unspecified atom stereocenters. The maximum atomic E-state index is 11.5. The summed E-state index contributed by atoms with van der Waals surface area (Å²) in [7, 11) is 0. The third-order valence-electron chi connectivity index (χ3n) is 2.14. The third kappa shape index (κ3) is 4.88. The van der Waals surface area contributed by atoms with E-state index >= 15 is 0 Å². The Labute approximate surface area is 125 Å². The normalized spacial score (nSPS) is 10.7. The van der Waals surface area contributed by atoms with Gasteiger partial charge in [0.2, 0.25) is 5.89 Å². The van der Waals surface area contributed by atoms with E-state index in [-0.39, 0.29) is 11.7 Å². The number of carbonyl (C=O) groups excluding carboxylic acids is 1. The van der Waals surface area contributed by atoms with E-state index < -0.39 is 0 Å². The van der Waals surface area contributed by atoms with Crippen LogP contribution >= 0.6 is 11.8 Å². The molecule has 2 aromatic heterocycles. The molecule has 0 saturated carbocycles. The van der Waals surface area contributed by atoms with Crippen molar-refractivity contribution in [1.29, 1.82) is 0 Å². The first-order valence-electron chi connectivity index (χ1n) is 6.08. The van der Waals surface area contributed by atoms with Crippen molar-refractivity contribution in [3.8, 4) is 11.5 Å². The van der Waals surface area contributed by atoms with Gasteiger partial charge in [0, 0.05) is 18.0 Å². The summed E-state index contributed by atoms with van der Waals surface area (Å²) in [5, 5.41) is 11.7. The highest BCUT2D eigenvalue weighted by atomic mass is 32.2. The van der Waals surface area contributed by atoms with E-state index in [2.05, 4.69) is 25.7 Å². The Morgan fingerprint density at radius 2 is 2.29 bits per heavy atom. The number of thioether (sulfide) groups is 1. The number of nitrogens with zero attached hydrogens (tertiary/aromatic N) is 4. The minimum absolute atomic E-state index is 0.113. The number of hydrogen-bond acceptors (Lipinski definition) is 8. The summed E-state index contributed by atoms with van der Waals surface area (Å²) in [5.41, 5.74) is 3.09. The first-order valence-corrected chi connectivity index (χ1v) is 7.07. The summed E-state index contributed by atoms with van der Waals surface area (Å²) in [5.74, 6) is 0.204. The number of ether oxygens (including phenoxy) is 1. The van der Waals surface area contributed by atoms with E-state index in [1.807, 2.05) is 6.92 Å². The molecule has 0 fully saturated rings. The first-order chi connectivity index (χ1) is 10.3. The minimum Gasteiger partial charge on any atom is -0.482 e. The maximum Gasteiger partial charge on any atom is 0.277 e. The second kappa shape index (κ2) is 8.00. The van der Waals surface area contributed by atoms with Crippen LogP contribution in [0.4, 0.5) is 0 Å². The quantitative estimate of drug-likeness (QED) is 0.356. The molecule has 0 radical (unpaired) electrons. The van der Waals surface area contributed by atoms with Gasteiger partial charge in [-0.15, -0.1) is 15.3 Å². The van der Waals surface area contributed by atoms with E-state index in [9.17, 15) is 4.79 Å². The Kier molecular flexibility index (Phi) is 5.71. The average molecular weight is 307 g/mol. The van der Waals surface area contributed by atoms with Gasteiger partial charge in [0.25, 0.3) is 11.1 Å². The molecule has 2 aromatic rings. The lowest BCUT2D eigenvalue weighted by Crippen LogP contribution is -2.19. The minimum atomic E-state index is -0.292. The molecule has 0 aromatic carbocycles. The molecule has 2 rings (SSSR count). The number of hydrogen-bond donors (Lipinski definition) is 1. The molecule has 1 N–H and O–H groups in total. The highest BCUT2D eigenvalue weighted by Gasteiger charge is 2.10. The molecule has 2 heterocycles. The maximum absolute atomic E-state index is 11.5. The molecule has 8 nitrogen and oxygen atoms in total. The molecule has 0 saturated heterocycles. The van der Waals surface area contributed by atoms with Gasteiger partial charge in [0.15, 0.2) is 6.40 Å². The van der Waals surface area contributed by atoms with Crippen molar-refractivity contribution in [3.63, 3.8) is 0 Å². The highest BCUT2D eigenvalue weighted by Crippen LogP contribution is 2.22. The van der Waals surface area contributed by atoms with Crippen LogP contribution in [0.1, 0.15) is 6.92 Å². The largest absolute Gasteiger partial charge is 0.482 e. The smallest absolute Gasteiger partial charge is 0.277 e. The van der Waals surface area contributed by atoms with Crippen LogP contribution in [0.15, 0.2) is 39.3 Å². The number of nitrogens with one attached hydrogen (secondary N) is 1. The molecule has 21 heavy (non-hydrogen) atoms. The Balaban J connectivity index is 1.82. The number of hydrazone groups is 1. The molecule has 0 bridgehead atoms. The Morgan fingerprint density at radius 1 is 1.48 bits per heavy atom. The topological polar surface area (TPSA) is 102 Å².